The number of aliphatic carboxylic acids is 3. The Kier molecular flexibility index (Phi) is 24.2. The van der Waals surface area contributed by atoms with Crippen molar-refractivity contribution in [3.05, 3.63) is 0 Å². The van der Waals surface area contributed by atoms with Crippen molar-refractivity contribution in [1.82, 2.24) is 37.2 Å². The van der Waals surface area contributed by atoms with E-state index in [-0.39, 0.29) is 12.3 Å². The third-order valence-corrected chi connectivity index (χ3v) is 8.29. The van der Waals surface area contributed by atoms with Crippen LogP contribution in [0.5, 0.6) is 0 Å². The number of hydrogen-bond acceptors (Lipinski definition) is 15. The molecule has 0 aliphatic rings. The number of primary amides is 1. The van der Waals surface area contributed by atoms with Crippen molar-refractivity contribution < 1.29 is 83.4 Å². The van der Waals surface area contributed by atoms with E-state index in [2.05, 4.69) is 37.2 Å². The molecule has 0 bridgehead atoms. The van der Waals surface area contributed by atoms with Crippen molar-refractivity contribution in [2.45, 2.75) is 127 Å². The highest BCUT2D eigenvalue weighted by Gasteiger charge is 2.36. The second-order valence-corrected chi connectivity index (χ2v) is 14.1. The van der Waals surface area contributed by atoms with Gasteiger partial charge in [-0.1, -0.05) is 13.8 Å². The minimum absolute atomic E-state index is 0.00108. The fourth-order valence-corrected chi connectivity index (χ4v) is 5.06. The van der Waals surface area contributed by atoms with Crippen LogP contribution in [0, 0.1) is 5.92 Å². The van der Waals surface area contributed by atoms with Crippen molar-refractivity contribution >= 4 is 65.2 Å². The summed E-state index contributed by atoms with van der Waals surface area (Å²) in [5.74, 6) is -13.4. The van der Waals surface area contributed by atoms with Crippen molar-refractivity contribution in [2.24, 2.45) is 17.4 Å². The van der Waals surface area contributed by atoms with Crippen molar-refractivity contribution in [3.63, 3.8) is 0 Å². The molecule has 0 heterocycles. The monoisotopic (exact) mass is 863 g/mol. The first-order chi connectivity index (χ1) is 27.8. The van der Waals surface area contributed by atoms with Gasteiger partial charge < -0.3 is 79.3 Å². The predicted octanol–water partition coefficient (Wildman–Crippen LogP) is -6.78. The molecule has 0 aromatic carbocycles. The van der Waals surface area contributed by atoms with Gasteiger partial charge in [-0.2, -0.15) is 0 Å². The van der Waals surface area contributed by atoms with Crippen LogP contribution in [0.15, 0.2) is 0 Å². The molecule has 0 aromatic heterocycles. The summed E-state index contributed by atoms with van der Waals surface area (Å²) >= 11 is 0. The molecule has 0 radical (unpaired) electrons. The van der Waals surface area contributed by atoms with E-state index in [1.807, 2.05) is 0 Å². The SMILES string of the molecule is CC(C)C[C@H](NC(=O)[C@H](CCC(=O)O)NC(=O)CNC(=O)[C@H](CCC(=O)O)NC(=O)[C@H](CCC(N)=O)NC(=O)[C@@H](NC(=O)[C@@H](NC(=O)[C@@H](N)CO)[C@@H](C)O)[C@@H](C)O)C(=O)O. The molecular weight excluding hydrogens is 806 g/mol. The first kappa shape index (κ1) is 54.0. The van der Waals surface area contributed by atoms with E-state index >= 15 is 0 Å². The molecule has 0 aliphatic carbocycles. The maximum atomic E-state index is 13.5. The van der Waals surface area contributed by atoms with E-state index in [0.717, 1.165) is 13.8 Å². The number of carboxylic acid groups (broad SMARTS) is 3. The number of nitrogens with two attached hydrogens (primary N) is 2. The van der Waals surface area contributed by atoms with Crippen LogP contribution in [0.25, 0.3) is 0 Å². The van der Waals surface area contributed by atoms with Gasteiger partial charge in [-0.25, -0.2) is 4.79 Å². The zero-order chi connectivity index (χ0) is 46.4. The Morgan fingerprint density at radius 2 is 0.933 bits per heavy atom. The lowest BCUT2D eigenvalue weighted by Gasteiger charge is -2.28. The Morgan fingerprint density at radius 1 is 0.533 bits per heavy atom. The van der Waals surface area contributed by atoms with Gasteiger partial charge in [0.2, 0.25) is 47.3 Å². The molecule has 0 saturated carbocycles. The van der Waals surface area contributed by atoms with Crippen LogP contribution >= 0.6 is 0 Å². The summed E-state index contributed by atoms with van der Waals surface area (Å²) < 4.78 is 0. The Balaban J connectivity index is 6.18. The minimum atomic E-state index is -1.90. The van der Waals surface area contributed by atoms with Gasteiger partial charge in [0.15, 0.2) is 0 Å². The third kappa shape index (κ3) is 21.1. The highest BCUT2D eigenvalue weighted by atomic mass is 16.4. The van der Waals surface area contributed by atoms with E-state index in [0.29, 0.717) is 0 Å². The van der Waals surface area contributed by atoms with E-state index in [4.69, 9.17) is 21.7 Å². The smallest absolute Gasteiger partial charge is 0.326 e. The maximum Gasteiger partial charge on any atom is 0.326 e. The van der Waals surface area contributed by atoms with Crippen LogP contribution in [0.4, 0.5) is 0 Å². The number of rotatable bonds is 29. The fraction of sp³-hybridized carbons (Fsp3) is 0.676. The molecule has 0 unspecified atom stereocenters. The molecule has 0 saturated heterocycles. The van der Waals surface area contributed by atoms with E-state index in [1.54, 1.807) is 13.8 Å². The van der Waals surface area contributed by atoms with Gasteiger partial charge in [-0.05, 0) is 45.4 Å². The first-order valence-electron chi connectivity index (χ1n) is 18.6. The van der Waals surface area contributed by atoms with E-state index < -0.39 is 171 Å². The molecule has 8 amide bonds. The summed E-state index contributed by atoms with van der Waals surface area (Å²) in [5.41, 5.74) is 10.6. The minimum Gasteiger partial charge on any atom is -0.481 e. The number of amides is 8. The summed E-state index contributed by atoms with van der Waals surface area (Å²) in [6.45, 7) is 3.76. The largest absolute Gasteiger partial charge is 0.481 e. The number of aliphatic hydroxyl groups excluding tert-OH is 3. The lowest BCUT2D eigenvalue weighted by atomic mass is 10.0. The molecule has 26 heteroatoms. The number of carbonyl (C=O) groups excluding carboxylic acids is 8. The highest BCUT2D eigenvalue weighted by molar-refractivity contribution is 5.97. The Bertz CT molecular complexity index is 1560. The zero-order valence-electron chi connectivity index (χ0n) is 33.5. The van der Waals surface area contributed by atoms with Gasteiger partial charge in [0.05, 0.1) is 25.4 Å². The maximum absolute atomic E-state index is 13.5. The lowest BCUT2D eigenvalue weighted by molar-refractivity contribution is -0.143. The Hall–Kier alpha value is -5.99. The second kappa shape index (κ2) is 26.9. The predicted molar refractivity (Wildman–Crippen MR) is 202 cm³/mol. The van der Waals surface area contributed by atoms with E-state index in [9.17, 15) is 73.2 Å². The Labute approximate surface area is 343 Å². The van der Waals surface area contributed by atoms with Gasteiger partial charge in [0.1, 0.15) is 42.3 Å². The van der Waals surface area contributed by atoms with Gasteiger partial charge in [0, 0.05) is 19.3 Å². The average Bonchev–Trinajstić information content (AvgIpc) is 3.14. The van der Waals surface area contributed by atoms with Crippen molar-refractivity contribution in [1.29, 1.82) is 0 Å². The van der Waals surface area contributed by atoms with Crippen LogP contribution in [-0.4, -0.2) is 163 Å². The summed E-state index contributed by atoms with van der Waals surface area (Å²) in [6.07, 6.45) is -6.88. The molecule has 9 atom stereocenters. The zero-order valence-corrected chi connectivity index (χ0v) is 33.5. The molecule has 26 nitrogen and oxygen atoms in total. The molecule has 0 fully saturated rings. The lowest BCUT2D eigenvalue weighted by Crippen LogP contribution is -2.62. The van der Waals surface area contributed by atoms with Gasteiger partial charge >= 0.3 is 17.9 Å². The van der Waals surface area contributed by atoms with E-state index in [1.165, 1.54) is 0 Å². The normalized spacial score (nSPS) is 15.5. The van der Waals surface area contributed by atoms with Crippen LogP contribution in [0.1, 0.15) is 72.6 Å². The standard InChI is InChI=1S/C34H57N9O17/c1-14(2)11-21(34(59)60)41-30(55)19(7-10-25(51)52)38-23(48)12-37-29(54)18(6-9-24(49)50)39-31(56)20(5-8-22(36)47)40-32(57)26(15(3)45)43-33(58)27(16(4)46)42-28(53)17(35)13-44/h14-21,26-27,44-46H,5-13,35H2,1-4H3,(H2,36,47)(H,37,54)(H,38,48)(H,39,56)(H,40,57)(H,41,55)(H,42,53)(H,43,58)(H,49,50)(H,51,52)(H,59,60)/t15-,16-,17+,18+,19+,20+,21+,26+,27+/m1/s1. The molecule has 17 N–H and O–H groups in total. The summed E-state index contributed by atoms with van der Waals surface area (Å²) in [7, 11) is 0. The molecule has 340 valence electrons. The fourth-order valence-electron chi connectivity index (χ4n) is 5.06. The van der Waals surface area contributed by atoms with Crippen LogP contribution in [0.3, 0.4) is 0 Å². The van der Waals surface area contributed by atoms with Crippen LogP contribution in [-0.2, 0) is 52.7 Å². The summed E-state index contributed by atoms with van der Waals surface area (Å²) in [4.78, 5) is 137. The third-order valence-electron chi connectivity index (χ3n) is 8.29. The Morgan fingerprint density at radius 3 is 1.35 bits per heavy atom. The van der Waals surface area contributed by atoms with Gasteiger partial charge in [-0.15, -0.1) is 0 Å². The number of carboxylic acids is 3. The molecular formula is C34H57N9O17. The molecule has 60 heavy (non-hydrogen) atoms. The molecule has 0 aliphatic heterocycles. The second-order valence-electron chi connectivity index (χ2n) is 14.1. The summed E-state index contributed by atoms with van der Waals surface area (Å²) in [5, 5.41) is 72.4. The number of aliphatic hydroxyl groups is 3. The van der Waals surface area contributed by atoms with Crippen molar-refractivity contribution in [3.8, 4) is 0 Å². The molecule has 0 rings (SSSR count). The first-order valence-corrected chi connectivity index (χ1v) is 18.6. The van der Waals surface area contributed by atoms with Crippen LogP contribution < -0.4 is 48.7 Å². The summed E-state index contributed by atoms with van der Waals surface area (Å²) in [6, 6.07) is -11.6. The van der Waals surface area contributed by atoms with Gasteiger partial charge in [0.25, 0.3) is 0 Å². The topological polar surface area (TPSA) is 445 Å². The number of nitrogens with one attached hydrogen (secondary N) is 7. The quantitative estimate of drug-likeness (QED) is 0.0332. The average molecular weight is 864 g/mol. The molecule has 0 spiro atoms. The van der Waals surface area contributed by atoms with Gasteiger partial charge in [-0.3, -0.25) is 47.9 Å². The highest BCUT2D eigenvalue weighted by Crippen LogP contribution is 2.08. The number of carbonyl (C=O) groups is 11. The van der Waals surface area contributed by atoms with Crippen LogP contribution in [0.2, 0.25) is 0 Å². The van der Waals surface area contributed by atoms with Crippen molar-refractivity contribution in [2.75, 3.05) is 13.2 Å². The molecule has 0 aromatic rings. The number of hydrogen-bond donors (Lipinski definition) is 15.